The average Bonchev–Trinajstić information content (AvgIpc) is 2.21. The molecule has 0 saturated carbocycles. The van der Waals surface area contributed by atoms with Gasteiger partial charge in [0, 0.05) is 18.3 Å². The van der Waals surface area contributed by atoms with E-state index in [2.05, 4.69) is 17.2 Å². The summed E-state index contributed by atoms with van der Waals surface area (Å²) in [5.74, 6) is 5.83. The molecule has 0 atom stereocenters. The van der Waals surface area contributed by atoms with E-state index in [0.717, 1.165) is 17.5 Å². The maximum absolute atomic E-state index is 8.81. The van der Waals surface area contributed by atoms with Crippen LogP contribution in [0.15, 0.2) is 24.3 Å². The van der Waals surface area contributed by atoms with Crippen LogP contribution >= 0.6 is 0 Å². The number of rotatable bonds is 1. The first kappa shape index (κ1) is 12.2. The van der Waals surface area contributed by atoms with Crippen LogP contribution in [0.1, 0.15) is 19.4 Å². The van der Waals surface area contributed by atoms with E-state index in [0.29, 0.717) is 0 Å². The molecule has 2 nitrogen and oxygen atoms in total. The Hall–Kier alpha value is -1.75. The van der Waals surface area contributed by atoms with Gasteiger partial charge in [-0.2, -0.15) is 0 Å². The van der Waals surface area contributed by atoms with Crippen molar-refractivity contribution >= 4 is 12.0 Å². The van der Waals surface area contributed by atoms with Gasteiger partial charge in [0.15, 0.2) is 0 Å². The molecule has 0 aliphatic carbocycles. The monoisotopic (exact) mass is 189 g/mol. The van der Waals surface area contributed by atoms with Gasteiger partial charge in [-0.3, -0.25) is 0 Å². The predicted octanol–water partition coefficient (Wildman–Crippen LogP) is 2.30. The summed E-state index contributed by atoms with van der Waals surface area (Å²) >= 11 is 0. The molecule has 1 aromatic rings. The summed E-state index contributed by atoms with van der Waals surface area (Å²) < 4.78 is 0. The quantitative estimate of drug-likeness (QED) is 0.542. The third-order valence-electron chi connectivity index (χ3n) is 1.44. The van der Waals surface area contributed by atoms with Gasteiger partial charge in [0.2, 0.25) is 0 Å². The second-order valence-corrected chi connectivity index (χ2v) is 2.44. The average molecular weight is 189 g/mol. The minimum Gasteiger partial charge on any atom is -0.388 e. The van der Waals surface area contributed by atoms with Gasteiger partial charge >= 0.3 is 0 Å². The fourth-order valence-corrected chi connectivity index (χ4v) is 0.865. The Balaban J connectivity index is 0.000000500. The highest BCUT2D eigenvalue weighted by molar-refractivity contribution is 5.47. The van der Waals surface area contributed by atoms with Crippen molar-refractivity contribution in [3.63, 3.8) is 0 Å². The van der Waals surface area contributed by atoms with Gasteiger partial charge in [0.25, 0.3) is 0 Å². The van der Waals surface area contributed by atoms with Gasteiger partial charge in [-0.15, -0.1) is 5.92 Å². The van der Waals surface area contributed by atoms with Crippen LogP contribution in [0.2, 0.25) is 0 Å². The first-order valence-electron chi connectivity index (χ1n) is 4.38. The molecule has 0 bridgehead atoms. The zero-order chi connectivity index (χ0) is 10.8. The molecule has 0 fully saturated rings. The van der Waals surface area contributed by atoms with E-state index in [1.807, 2.05) is 38.2 Å². The molecular formula is C12H15NO. The molecule has 1 aromatic carbocycles. The molecule has 0 amide bonds. The van der Waals surface area contributed by atoms with Gasteiger partial charge < -0.3 is 10.1 Å². The molecule has 0 aromatic heterocycles. The summed E-state index contributed by atoms with van der Waals surface area (Å²) in [5.41, 5.74) is 2.18. The highest BCUT2D eigenvalue weighted by Crippen LogP contribution is 2.06. The lowest BCUT2D eigenvalue weighted by atomic mass is 10.2. The van der Waals surface area contributed by atoms with Crippen molar-refractivity contribution < 1.29 is 4.79 Å². The summed E-state index contributed by atoms with van der Waals surface area (Å²) in [6.45, 7) is 3.28. The highest BCUT2D eigenvalue weighted by Gasteiger charge is 1.86. The van der Waals surface area contributed by atoms with E-state index in [1.54, 1.807) is 0 Å². The second kappa shape index (κ2) is 7.88. The van der Waals surface area contributed by atoms with Gasteiger partial charge in [-0.1, -0.05) is 5.92 Å². The predicted molar refractivity (Wildman–Crippen MR) is 60.3 cm³/mol. The van der Waals surface area contributed by atoms with Crippen LogP contribution in [0.3, 0.4) is 0 Å². The fraction of sp³-hybridized carbons (Fsp3) is 0.250. The number of hydrogen-bond acceptors (Lipinski definition) is 2. The number of benzene rings is 1. The van der Waals surface area contributed by atoms with Crippen LogP contribution in [0, 0.1) is 11.8 Å². The topological polar surface area (TPSA) is 29.1 Å². The summed E-state index contributed by atoms with van der Waals surface area (Å²) in [6, 6.07) is 8.03. The summed E-state index contributed by atoms with van der Waals surface area (Å²) in [4.78, 5) is 8.81. The molecule has 0 unspecified atom stereocenters. The van der Waals surface area contributed by atoms with Crippen LogP contribution in [0.5, 0.6) is 0 Å². The van der Waals surface area contributed by atoms with Gasteiger partial charge in [-0.25, -0.2) is 0 Å². The van der Waals surface area contributed by atoms with Crippen molar-refractivity contribution in [1.82, 2.24) is 0 Å². The summed E-state index contributed by atoms with van der Waals surface area (Å²) in [7, 11) is 1.90. The molecule has 1 rings (SSSR count). The van der Waals surface area contributed by atoms with Crippen molar-refractivity contribution in [2.45, 2.75) is 13.8 Å². The lowest BCUT2D eigenvalue weighted by Crippen LogP contribution is -1.86. The smallest absolute Gasteiger partial charge is 0.116 e. The maximum Gasteiger partial charge on any atom is 0.116 e. The number of anilines is 1. The summed E-state index contributed by atoms with van der Waals surface area (Å²) in [5, 5.41) is 3.05. The third kappa shape index (κ3) is 5.00. The van der Waals surface area contributed by atoms with Crippen LogP contribution in [-0.2, 0) is 4.79 Å². The largest absolute Gasteiger partial charge is 0.388 e. The number of hydrogen-bond donors (Lipinski definition) is 1. The molecule has 0 spiro atoms. The SMILES string of the molecule is CC#Cc1ccc(NC)cc1.CC=O. The molecule has 14 heavy (non-hydrogen) atoms. The second-order valence-electron chi connectivity index (χ2n) is 2.44. The van der Waals surface area contributed by atoms with E-state index in [9.17, 15) is 0 Å². The van der Waals surface area contributed by atoms with Gasteiger partial charge in [0.1, 0.15) is 6.29 Å². The first-order valence-corrected chi connectivity index (χ1v) is 4.38. The minimum absolute atomic E-state index is 0.750. The van der Waals surface area contributed by atoms with Crippen molar-refractivity contribution in [3.05, 3.63) is 29.8 Å². The molecule has 0 heterocycles. The number of carbonyl (C=O) groups excluding carboxylic acids is 1. The maximum atomic E-state index is 8.81. The van der Waals surface area contributed by atoms with Crippen LogP contribution in [0.25, 0.3) is 0 Å². The zero-order valence-corrected chi connectivity index (χ0v) is 8.79. The fourth-order valence-electron chi connectivity index (χ4n) is 0.865. The third-order valence-corrected chi connectivity index (χ3v) is 1.44. The molecule has 74 valence electrons. The Morgan fingerprint density at radius 1 is 1.29 bits per heavy atom. The van der Waals surface area contributed by atoms with Crippen molar-refractivity contribution in [2.24, 2.45) is 0 Å². The Morgan fingerprint density at radius 2 is 1.79 bits per heavy atom. The number of nitrogens with one attached hydrogen (secondary N) is 1. The zero-order valence-electron chi connectivity index (χ0n) is 8.79. The van der Waals surface area contributed by atoms with Crippen LogP contribution < -0.4 is 5.32 Å². The normalized spacial score (nSPS) is 7.36. The van der Waals surface area contributed by atoms with Crippen LogP contribution in [-0.4, -0.2) is 13.3 Å². The molecule has 0 aliphatic rings. The Labute approximate surface area is 85.3 Å². The van der Waals surface area contributed by atoms with E-state index in [-0.39, 0.29) is 0 Å². The molecule has 0 radical (unpaired) electrons. The molecule has 2 heteroatoms. The first-order chi connectivity index (χ1) is 6.78. The van der Waals surface area contributed by atoms with Crippen LogP contribution in [0.4, 0.5) is 5.69 Å². The lowest BCUT2D eigenvalue weighted by molar-refractivity contribution is -0.106. The van der Waals surface area contributed by atoms with Crippen molar-refractivity contribution in [2.75, 3.05) is 12.4 Å². The number of carbonyl (C=O) groups is 1. The summed E-state index contributed by atoms with van der Waals surface area (Å²) in [6.07, 6.45) is 0.750. The Morgan fingerprint density at radius 3 is 2.14 bits per heavy atom. The Bertz CT molecular complexity index is 316. The Kier molecular flexibility index (Phi) is 6.89. The van der Waals surface area contributed by atoms with E-state index < -0.39 is 0 Å². The van der Waals surface area contributed by atoms with E-state index in [4.69, 9.17) is 4.79 Å². The highest BCUT2D eigenvalue weighted by atomic mass is 16.1. The molecule has 0 saturated heterocycles. The lowest BCUT2D eigenvalue weighted by Gasteiger charge is -1.97. The van der Waals surface area contributed by atoms with E-state index >= 15 is 0 Å². The van der Waals surface area contributed by atoms with Gasteiger partial charge in [-0.05, 0) is 38.1 Å². The molecule has 0 aliphatic heterocycles. The van der Waals surface area contributed by atoms with Crippen molar-refractivity contribution in [3.8, 4) is 11.8 Å². The van der Waals surface area contributed by atoms with Gasteiger partial charge in [0.05, 0.1) is 0 Å². The molecular weight excluding hydrogens is 174 g/mol. The van der Waals surface area contributed by atoms with E-state index in [1.165, 1.54) is 6.92 Å². The minimum atomic E-state index is 0.750. The molecule has 1 N–H and O–H groups in total. The number of aldehydes is 1. The van der Waals surface area contributed by atoms with Crippen molar-refractivity contribution in [1.29, 1.82) is 0 Å². The standard InChI is InChI=1S/C10H11N.C2H4O/c1-3-4-9-5-7-10(11-2)8-6-9;1-2-3/h5-8,11H,1-2H3;2H,1H3.